The first kappa shape index (κ1) is 21.7. The molecule has 0 unspecified atom stereocenters. The predicted octanol–water partition coefficient (Wildman–Crippen LogP) is 5.17. The Bertz CT molecular complexity index is 999. The van der Waals surface area contributed by atoms with E-state index >= 15 is 0 Å². The maximum atomic E-state index is 13.1. The maximum Gasteiger partial charge on any atom is 0.416 e. The predicted molar refractivity (Wildman–Crippen MR) is 109 cm³/mol. The Kier molecular flexibility index (Phi) is 6.99. The zero-order valence-corrected chi connectivity index (χ0v) is 16.5. The molecule has 0 radical (unpaired) electrons. The Morgan fingerprint density at radius 1 is 1.13 bits per heavy atom. The van der Waals surface area contributed by atoms with Crippen molar-refractivity contribution in [2.24, 2.45) is 0 Å². The van der Waals surface area contributed by atoms with Crippen LogP contribution in [-0.2, 0) is 22.1 Å². The number of aromatic amines is 1. The Balaban J connectivity index is 1.63. The lowest BCUT2D eigenvalue weighted by Crippen LogP contribution is -2.15. The molecule has 160 valence electrons. The zero-order chi connectivity index (χ0) is 21.6. The van der Waals surface area contributed by atoms with Crippen LogP contribution in [0.2, 0.25) is 0 Å². The van der Waals surface area contributed by atoms with Crippen molar-refractivity contribution in [2.75, 3.05) is 25.6 Å². The second-order valence-electron chi connectivity index (χ2n) is 6.81. The number of fused-ring (bicyclic) bond motifs is 1. The summed E-state index contributed by atoms with van der Waals surface area (Å²) in [6.45, 7) is 0.435. The maximum absolute atomic E-state index is 13.1. The molecule has 0 bridgehead atoms. The molecule has 1 amide bonds. The Labute approximate surface area is 172 Å². The second-order valence-corrected chi connectivity index (χ2v) is 6.81. The van der Waals surface area contributed by atoms with Crippen molar-refractivity contribution in [1.82, 2.24) is 4.98 Å². The molecule has 2 N–H and O–H groups in total. The lowest BCUT2D eigenvalue weighted by Gasteiger charge is -2.15. The van der Waals surface area contributed by atoms with E-state index in [1.807, 2.05) is 30.5 Å². The van der Waals surface area contributed by atoms with E-state index in [0.717, 1.165) is 28.6 Å². The molecule has 3 rings (SSSR count). The molecule has 0 atom stereocenters. The summed E-state index contributed by atoms with van der Waals surface area (Å²) in [5.41, 5.74) is 1.27. The van der Waals surface area contributed by atoms with Gasteiger partial charge in [0.2, 0.25) is 5.91 Å². The van der Waals surface area contributed by atoms with Crippen molar-refractivity contribution in [3.63, 3.8) is 0 Å². The SMILES string of the molecule is COCCOc1ccc(C(F)(F)F)cc1NC(=O)CCCc1c[nH]c2ccccc12. The van der Waals surface area contributed by atoms with E-state index in [1.54, 1.807) is 0 Å². The number of aromatic nitrogens is 1. The number of amides is 1. The van der Waals surface area contributed by atoms with Crippen molar-refractivity contribution >= 4 is 22.5 Å². The first-order valence-corrected chi connectivity index (χ1v) is 9.56. The van der Waals surface area contributed by atoms with Gasteiger partial charge in [-0.05, 0) is 42.7 Å². The Morgan fingerprint density at radius 2 is 1.93 bits per heavy atom. The molecule has 2 aromatic carbocycles. The van der Waals surface area contributed by atoms with Gasteiger partial charge in [-0.2, -0.15) is 13.2 Å². The zero-order valence-electron chi connectivity index (χ0n) is 16.5. The number of nitrogens with one attached hydrogen (secondary N) is 2. The molecule has 0 aliphatic rings. The number of methoxy groups -OCH3 is 1. The molecule has 0 spiro atoms. The highest BCUT2D eigenvalue weighted by Gasteiger charge is 2.31. The minimum atomic E-state index is -4.51. The monoisotopic (exact) mass is 420 g/mol. The summed E-state index contributed by atoms with van der Waals surface area (Å²) >= 11 is 0. The topological polar surface area (TPSA) is 63.4 Å². The fourth-order valence-electron chi connectivity index (χ4n) is 3.16. The standard InChI is InChI=1S/C22H23F3N2O3/c1-29-11-12-30-20-10-9-16(22(23,24)25)13-19(20)27-21(28)8-4-5-15-14-26-18-7-3-2-6-17(15)18/h2-3,6-7,9-10,13-14,26H,4-5,8,11-12H2,1H3,(H,27,28). The van der Waals surface area contributed by atoms with Crippen LogP contribution in [0.4, 0.5) is 18.9 Å². The molecule has 3 aromatic rings. The molecule has 30 heavy (non-hydrogen) atoms. The minimum absolute atomic E-state index is 0.00183. The first-order chi connectivity index (χ1) is 14.4. The number of hydrogen-bond acceptors (Lipinski definition) is 3. The number of alkyl halides is 3. The van der Waals surface area contributed by atoms with Gasteiger partial charge in [-0.15, -0.1) is 0 Å². The van der Waals surface area contributed by atoms with Crippen LogP contribution >= 0.6 is 0 Å². The largest absolute Gasteiger partial charge is 0.489 e. The van der Waals surface area contributed by atoms with Gasteiger partial charge in [-0.1, -0.05) is 18.2 Å². The number of carbonyl (C=O) groups excluding carboxylic acids is 1. The van der Waals surface area contributed by atoms with Crippen molar-refractivity contribution in [2.45, 2.75) is 25.4 Å². The van der Waals surface area contributed by atoms with E-state index in [-0.39, 0.29) is 37.0 Å². The molecular weight excluding hydrogens is 397 g/mol. The molecule has 5 nitrogen and oxygen atoms in total. The minimum Gasteiger partial charge on any atom is -0.489 e. The van der Waals surface area contributed by atoms with Crippen LogP contribution in [0, 0.1) is 0 Å². The molecule has 0 aliphatic carbocycles. The van der Waals surface area contributed by atoms with Crippen molar-refractivity contribution in [3.05, 3.63) is 59.8 Å². The van der Waals surface area contributed by atoms with Gasteiger partial charge in [0.05, 0.1) is 17.9 Å². The number of ether oxygens (including phenoxy) is 2. The highest BCUT2D eigenvalue weighted by Crippen LogP contribution is 2.35. The number of benzene rings is 2. The summed E-state index contributed by atoms with van der Waals surface area (Å²) in [6.07, 6.45) is -1.19. The molecule has 0 fully saturated rings. The average molecular weight is 420 g/mol. The number of anilines is 1. The van der Waals surface area contributed by atoms with Crippen molar-refractivity contribution in [3.8, 4) is 5.75 Å². The van der Waals surface area contributed by atoms with Gasteiger partial charge >= 0.3 is 6.18 Å². The van der Waals surface area contributed by atoms with Crippen LogP contribution < -0.4 is 10.1 Å². The average Bonchev–Trinajstić information content (AvgIpc) is 3.12. The van der Waals surface area contributed by atoms with E-state index in [0.29, 0.717) is 12.8 Å². The number of carbonyl (C=O) groups is 1. The van der Waals surface area contributed by atoms with Gasteiger partial charge < -0.3 is 19.8 Å². The molecular formula is C22H23F3N2O3. The number of halogens is 3. The van der Waals surface area contributed by atoms with Crippen LogP contribution in [0.15, 0.2) is 48.7 Å². The summed E-state index contributed by atoms with van der Waals surface area (Å²) in [5.74, 6) is -0.198. The number of aryl methyl sites for hydroxylation is 1. The molecule has 0 saturated carbocycles. The highest BCUT2D eigenvalue weighted by atomic mass is 19.4. The van der Waals surface area contributed by atoms with Gasteiger partial charge in [-0.25, -0.2) is 0 Å². The smallest absolute Gasteiger partial charge is 0.416 e. The molecule has 1 heterocycles. The Morgan fingerprint density at radius 3 is 2.70 bits per heavy atom. The lowest BCUT2D eigenvalue weighted by molar-refractivity contribution is -0.137. The van der Waals surface area contributed by atoms with E-state index in [1.165, 1.54) is 13.2 Å². The van der Waals surface area contributed by atoms with Crippen molar-refractivity contribution < 1.29 is 27.4 Å². The fraction of sp³-hybridized carbons (Fsp3) is 0.318. The van der Waals surface area contributed by atoms with Crippen LogP contribution in [0.25, 0.3) is 10.9 Å². The summed E-state index contributed by atoms with van der Waals surface area (Å²) < 4.78 is 49.5. The molecule has 0 saturated heterocycles. The third kappa shape index (κ3) is 5.54. The molecule has 1 aromatic heterocycles. The summed E-state index contributed by atoms with van der Waals surface area (Å²) in [5, 5.41) is 3.66. The van der Waals surface area contributed by atoms with Crippen LogP contribution in [0.1, 0.15) is 24.0 Å². The number of para-hydroxylation sites is 1. The van der Waals surface area contributed by atoms with Crippen LogP contribution in [-0.4, -0.2) is 31.2 Å². The molecule has 8 heteroatoms. The normalized spacial score (nSPS) is 11.6. The van der Waals surface area contributed by atoms with E-state index in [2.05, 4.69) is 10.3 Å². The van der Waals surface area contributed by atoms with E-state index in [9.17, 15) is 18.0 Å². The quantitative estimate of drug-likeness (QED) is 0.469. The van der Waals surface area contributed by atoms with E-state index < -0.39 is 11.7 Å². The third-order valence-electron chi connectivity index (χ3n) is 4.65. The van der Waals surface area contributed by atoms with Gasteiger partial charge in [0.15, 0.2) is 0 Å². The highest BCUT2D eigenvalue weighted by molar-refractivity contribution is 5.92. The molecule has 0 aliphatic heterocycles. The summed E-state index contributed by atoms with van der Waals surface area (Å²) in [7, 11) is 1.49. The summed E-state index contributed by atoms with van der Waals surface area (Å²) in [6, 6.07) is 10.9. The van der Waals surface area contributed by atoms with Crippen LogP contribution in [0.3, 0.4) is 0 Å². The van der Waals surface area contributed by atoms with Gasteiger partial charge in [-0.3, -0.25) is 4.79 Å². The number of hydrogen-bond donors (Lipinski definition) is 2. The van der Waals surface area contributed by atoms with Gasteiger partial charge in [0.1, 0.15) is 12.4 Å². The first-order valence-electron chi connectivity index (χ1n) is 9.56. The van der Waals surface area contributed by atoms with Crippen LogP contribution in [0.5, 0.6) is 5.75 Å². The second kappa shape index (κ2) is 9.67. The third-order valence-corrected chi connectivity index (χ3v) is 4.65. The van der Waals surface area contributed by atoms with Gasteiger partial charge in [0, 0.05) is 30.6 Å². The number of rotatable bonds is 9. The summed E-state index contributed by atoms with van der Waals surface area (Å²) in [4.78, 5) is 15.6. The fourth-order valence-corrected chi connectivity index (χ4v) is 3.16. The number of H-pyrrole nitrogens is 1. The Hall–Kier alpha value is -3.00. The van der Waals surface area contributed by atoms with Crippen molar-refractivity contribution in [1.29, 1.82) is 0 Å². The van der Waals surface area contributed by atoms with Gasteiger partial charge in [0.25, 0.3) is 0 Å². The van der Waals surface area contributed by atoms with E-state index in [4.69, 9.17) is 9.47 Å². The lowest BCUT2D eigenvalue weighted by atomic mass is 10.1.